The Morgan fingerprint density at radius 2 is 2.50 bits per heavy atom. The molecule has 0 aliphatic carbocycles. The first kappa shape index (κ1) is 9.10. The number of ether oxygens (including phenoxy) is 2. The first-order valence-corrected chi connectivity index (χ1v) is 4.33. The van der Waals surface area contributed by atoms with E-state index in [4.69, 9.17) is 9.47 Å². The molecule has 3 nitrogen and oxygen atoms in total. The minimum atomic E-state index is -0.297. The van der Waals surface area contributed by atoms with E-state index in [0.717, 1.165) is 31.6 Å². The van der Waals surface area contributed by atoms with E-state index in [9.17, 15) is 4.79 Å². The molecule has 1 aliphatic rings. The third-order valence-corrected chi connectivity index (χ3v) is 1.67. The van der Waals surface area contributed by atoms with Gasteiger partial charge in [0.15, 0.2) is 0 Å². The SMILES string of the molecule is CCOC(=O)/C=C1/CCCCO1. The van der Waals surface area contributed by atoms with Crippen molar-refractivity contribution in [1.29, 1.82) is 0 Å². The fourth-order valence-electron chi connectivity index (χ4n) is 1.11. The fraction of sp³-hybridized carbons (Fsp3) is 0.667. The van der Waals surface area contributed by atoms with Gasteiger partial charge in [-0.3, -0.25) is 0 Å². The molecule has 0 saturated carbocycles. The summed E-state index contributed by atoms with van der Waals surface area (Å²) in [6.07, 6.45) is 4.49. The zero-order chi connectivity index (χ0) is 8.81. The van der Waals surface area contributed by atoms with Crippen LogP contribution in [0.2, 0.25) is 0 Å². The molecule has 0 bridgehead atoms. The van der Waals surface area contributed by atoms with Gasteiger partial charge < -0.3 is 9.47 Å². The normalized spacial score (nSPS) is 20.2. The number of esters is 1. The second kappa shape index (κ2) is 4.80. The van der Waals surface area contributed by atoms with E-state index in [1.54, 1.807) is 6.92 Å². The summed E-state index contributed by atoms with van der Waals surface area (Å²) in [5.74, 6) is 0.467. The van der Waals surface area contributed by atoms with Crippen LogP contribution in [0.5, 0.6) is 0 Å². The summed E-state index contributed by atoms with van der Waals surface area (Å²) in [7, 11) is 0. The van der Waals surface area contributed by atoms with Crippen molar-refractivity contribution in [2.24, 2.45) is 0 Å². The molecule has 1 aliphatic heterocycles. The highest BCUT2D eigenvalue weighted by atomic mass is 16.5. The summed E-state index contributed by atoms with van der Waals surface area (Å²) in [6, 6.07) is 0. The van der Waals surface area contributed by atoms with Crippen molar-refractivity contribution < 1.29 is 14.3 Å². The number of allylic oxidation sites excluding steroid dienone is 1. The van der Waals surface area contributed by atoms with Crippen molar-refractivity contribution in [3.63, 3.8) is 0 Å². The minimum absolute atomic E-state index is 0.297. The van der Waals surface area contributed by atoms with E-state index >= 15 is 0 Å². The van der Waals surface area contributed by atoms with Crippen molar-refractivity contribution in [2.75, 3.05) is 13.2 Å². The van der Waals surface area contributed by atoms with Gasteiger partial charge in [-0.2, -0.15) is 0 Å². The van der Waals surface area contributed by atoms with Crippen LogP contribution < -0.4 is 0 Å². The quantitative estimate of drug-likeness (QED) is 0.466. The molecule has 0 unspecified atom stereocenters. The highest BCUT2D eigenvalue weighted by molar-refractivity contribution is 5.82. The smallest absolute Gasteiger partial charge is 0.334 e. The molecule has 0 amide bonds. The lowest BCUT2D eigenvalue weighted by Crippen LogP contribution is -2.07. The largest absolute Gasteiger partial charge is 0.498 e. The van der Waals surface area contributed by atoms with Gasteiger partial charge in [0.2, 0.25) is 0 Å². The van der Waals surface area contributed by atoms with E-state index in [2.05, 4.69) is 0 Å². The zero-order valence-electron chi connectivity index (χ0n) is 7.34. The third-order valence-electron chi connectivity index (χ3n) is 1.67. The maximum atomic E-state index is 10.9. The molecule has 1 rings (SSSR count). The van der Waals surface area contributed by atoms with Crippen LogP contribution in [0.4, 0.5) is 0 Å². The second-order valence-corrected chi connectivity index (χ2v) is 2.67. The summed E-state index contributed by atoms with van der Waals surface area (Å²) >= 11 is 0. The number of carbonyl (C=O) groups is 1. The molecule has 0 atom stereocenters. The first-order valence-electron chi connectivity index (χ1n) is 4.33. The van der Waals surface area contributed by atoms with Gasteiger partial charge in [0.25, 0.3) is 0 Å². The van der Waals surface area contributed by atoms with Gasteiger partial charge in [-0.05, 0) is 19.8 Å². The minimum Gasteiger partial charge on any atom is -0.498 e. The molecule has 0 N–H and O–H groups in total. The van der Waals surface area contributed by atoms with Gasteiger partial charge in [-0.15, -0.1) is 0 Å². The van der Waals surface area contributed by atoms with Crippen molar-refractivity contribution in [3.8, 4) is 0 Å². The maximum Gasteiger partial charge on any atom is 0.334 e. The lowest BCUT2D eigenvalue weighted by atomic mass is 10.2. The molecule has 0 aromatic heterocycles. The zero-order valence-corrected chi connectivity index (χ0v) is 7.34. The topological polar surface area (TPSA) is 35.5 Å². The van der Waals surface area contributed by atoms with Gasteiger partial charge >= 0.3 is 5.97 Å². The van der Waals surface area contributed by atoms with Crippen molar-refractivity contribution >= 4 is 5.97 Å². The predicted molar refractivity (Wildman–Crippen MR) is 44.5 cm³/mol. The van der Waals surface area contributed by atoms with Gasteiger partial charge in [0, 0.05) is 6.42 Å². The number of hydrogen-bond acceptors (Lipinski definition) is 3. The van der Waals surface area contributed by atoms with Crippen LogP contribution >= 0.6 is 0 Å². The fourth-order valence-corrected chi connectivity index (χ4v) is 1.11. The van der Waals surface area contributed by atoms with Gasteiger partial charge in [0.05, 0.1) is 19.3 Å². The summed E-state index contributed by atoms with van der Waals surface area (Å²) in [6.45, 7) is 2.94. The average Bonchev–Trinajstić information content (AvgIpc) is 2.06. The first-order chi connectivity index (χ1) is 5.83. The van der Waals surface area contributed by atoms with E-state index in [-0.39, 0.29) is 5.97 Å². The van der Waals surface area contributed by atoms with Crippen LogP contribution in [0.1, 0.15) is 26.2 Å². The molecule has 68 valence electrons. The molecule has 1 fully saturated rings. The molecular formula is C9H14O3. The average molecular weight is 170 g/mol. The van der Waals surface area contributed by atoms with E-state index in [1.807, 2.05) is 0 Å². The molecule has 1 saturated heterocycles. The van der Waals surface area contributed by atoms with Crippen LogP contribution in [-0.2, 0) is 14.3 Å². The number of carbonyl (C=O) groups excluding carboxylic acids is 1. The Bertz CT molecular complexity index is 176. The summed E-state index contributed by atoms with van der Waals surface area (Å²) in [4.78, 5) is 10.9. The third kappa shape index (κ3) is 2.95. The van der Waals surface area contributed by atoms with E-state index in [1.165, 1.54) is 6.08 Å². The molecule has 12 heavy (non-hydrogen) atoms. The monoisotopic (exact) mass is 170 g/mol. The molecule has 0 aromatic rings. The predicted octanol–water partition coefficient (Wildman–Crippen LogP) is 1.63. The van der Waals surface area contributed by atoms with Crippen molar-refractivity contribution in [1.82, 2.24) is 0 Å². The molecular weight excluding hydrogens is 156 g/mol. The molecule has 0 radical (unpaired) electrons. The Morgan fingerprint density at radius 3 is 3.08 bits per heavy atom. The van der Waals surface area contributed by atoms with Gasteiger partial charge in [0.1, 0.15) is 5.76 Å². The number of rotatable bonds is 2. The second-order valence-electron chi connectivity index (χ2n) is 2.67. The Labute approximate surface area is 72.4 Å². The van der Waals surface area contributed by atoms with Gasteiger partial charge in [-0.25, -0.2) is 4.79 Å². The van der Waals surface area contributed by atoms with Crippen LogP contribution in [0.3, 0.4) is 0 Å². The maximum absolute atomic E-state index is 10.9. The molecule has 0 aromatic carbocycles. The molecule has 3 heteroatoms. The van der Waals surface area contributed by atoms with Crippen molar-refractivity contribution in [2.45, 2.75) is 26.2 Å². The lowest BCUT2D eigenvalue weighted by Gasteiger charge is -2.15. The van der Waals surface area contributed by atoms with E-state index in [0.29, 0.717) is 6.61 Å². The van der Waals surface area contributed by atoms with Gasteiger partial charge in [-0.1, -0.05) is 0 Å². The summed E-state index contributed by atoms with van der Waals surface area (Å²) in [5, 5.41) is 0. The Hall–Kier alpha value is -0.990. The summed E-state index contributed by atoms with van der Waals surface area (Å²) < 4.78 is 10.0. The summed E-state index contributed by atoms with van der Waals surface area (Å²) in [5.41, 5.74) is 0. The number of hydrogen-bond donors (Lipinski definition) is 0. The highest BCUT2D eigenvalue weighted by Crippen LogP contribution is 2.15. The van der Waals surface area contributed by atoms with Crippen LogP contribution in [0.15, 0.2) is 11.8 Å². The van der Waals surface area contributed by atoms with Crippen LogP contribution in [-0.4, -0.2) is 19.2 Å². The van der Waals surface area contributed by atoms with Crippen molar-refractivity contribution in [3.05, 3.63) is 11.8 Å². The Morgan fingerprint density at radius 1 is 1.67 bits per heavy atom. The van der Waals surface area contributed by atoms with E-state index < -0.39 is 0 Å². The van der Waals surface area contributed by atoms with Crippen LogP contribution in [0, 0.1) is 0 Å². The molecule has 1 heterocycles. The Balaban J connectivity index is 2.37. The Kier molecular flexibility index (Phi) is 3.64. The highest BCUT2D eigenvalue weighted by Gasteiger charge is 2.08. The molecule has 0 spiro atoms. The van der Waals surface area contributed by atoms with Crippen LogP contribution in [0.25, 0.3) is 0 Å². The lowest BCUT2D eigenvalue weighted by molar-refractivity contribution is -0.137. The standard InChI is InChI=1S/C9H14O3/c1-2-11-9(10)7-8-5-3-4-6-12-8/h7H,2-6H2,1H3/b8-7-.